The standard InChI is InChI=1S/C22H32P2S2/c1-11-15(5)23(25)17(7)21(11,9)13(3)19(23)20-14(4)22(10)12(2)16(6)24(20,26)18(22)8/h17-18H,1-10H3/t17?,18?,21-,22-,23?,24?/m0/s1. The van der Waals surface area contributed by atoms with Crippen LogP contribution in [-0.2, 0) is 23.6 Å². The highest BCUT2D eigenvalue weighted by molar-refractivity contribution is 8.22. The van der Waals surface area contributed by atoms with Crippen LogP contribution in [0.15, 0.2) is 43.5 Å². The van der Waals surface area contributed by atoms with Crippen LogP contribution in [0.3, 0.4) is 0 Å². The Morgan fingerprint density at radius 1 is 0.615 bits per heavy atom. The van der Waals surface area contributed by atoms with E-state index < -0.39 is 12.1 Å². The van der Waals surface area contributed by atoms with E-state index in [1.807, 2.05) is 0 Å². The molecule has 4 heteroatoms. The van der Waals surface area contributed by atoms with Gasteiger partial charge >= 0.3 is 0 Å². The molecule has 4 bridgehead atoms. The summed E-state index contributed by atoms with van der Waals surface area (Å²) in [7, 11) is 0. The molecule has 4 unspecified atom stereocenters. The molecule has 0 nitrogen and oxygen atoms in total. The van der Waals surface area contributed by atoms with E-state index in [1.54, 1.807) is 32.9 Å². The van der Waals surface area contributed by atoms with Gasteiger partial charge in [-0.1, -0.05) is 73.6 Å². The van der Waals surface area contributed by atoms with Crippen molar-refractivity contribution in [1.82, 2.24) is 0 Å². The Labute approximate surface area is 170 Å². The number of hydrogen-bond acceptors (Lipinski definition) is 2. The Morgan fingerprint density at radius 2 is 0.885 bits per heavy atom. The SMILES string of the molecule is CC1=C(C)P2(=S)C(C3=C(C)[C@]4(C)C(C)=C(C)P3(=S)C4C)=C(C)[C@@]1(C)C2C. The predicted octanol–water partition coefficient (Wildman–Crippen LogP) is 7.93. The van der Waals surface area contributed by atoms with Gasteiger partial charge in [0.15, 0.2) is 0 Å². The lowest BCUT2D eigenvalue weighted by Crippen LogP contribution is -2.24. The average Bonchev–Trinajstić information content (AvgIpc) is 2.97. The second-order valence-electron chi connectivity index (χ2n) is 9.44. The van der Waals surface area contributed by atoms with Crippen LogP contribution in [0.25, 0.3) is 0 Å². The van der Waals surface area contributed by atoms with Gasteiger partial charge in [0.05, 0.1) is 0 Å². The zero-order chi connectivity index (χ0) is 19.8. The highest BCUT2D eigenvalue weighted by Crippen LogP contribution is 2.92. The monoisotopic (exact) mass is 422 g/mol. The molecule has 4 heterocycles. The van der Waals surface area contributed by atoms with Crippen LogP contribution in [0, 0.1) is 10.8 Å². The maximum atomic E-state index is 6.62. The van der Waals surface area contributed by atoms with Gasteiger partial charge in [0.2, 0.25) is 0 Å². The molecule has 0 radical (unpaired) electrons. The molecule has 26 heavy (non-hydrogen) atoms. The van der Waals surface area contributed by atoms with Gasteiger partial charge in [0, 0.05) is 34.2 Å². The van der Waals surface area contributed by atoms with Crippen molar-refractivity contribution in [3.63, 3.8) is 0 Å². The summed E-state index contributed by atoms with van der Waals surface area (Å²) in [5.41, 5.74) is 7.62. The van der Waals surface area contributed by atoms with Gasteiger partial charge < -0.3 is 0 Å². The number of allylic oxidation sites excluding steroid dienone is 8. The molecule has 0 aromatic heterocycles. The fourth-order valence-electron chi connectivity index (χ4n) is 6.76. The Kier molecular flexibility index (Phi) is 3.80. The van der Waals surface area contributed by atoms with Crippen LogP contribution in [0.2, 0.25) is 0 Å². The third kappa shape index (κ3) is 1.54. The first kappa shape index (κ1) is 19.6. The third-order valence-electron chi connectivity index (χ3n) is 9.56. The van der Waals surface area contributed by atoms with Crippen LogP contribution >= 0.6 is 12.1 Å². The molecule has 0 saturated carbocycles. The van der Waals surface area contributed by atoms with E-state index in [4.69, 9.17) is 23.6 Å². The summed E-state index contributed by atoms with van der Waals surface area (Å²) in [5, 5.41) is 6.22. The lowest BCUT2D eigenvalue weighted by molar-refractivity contribution is 0.485. The predicted molar refractivity (Wildman–Crippen MR) is 126 cm³/mol. The van der Waals surface area contributed by atoms with Gasteiger partial charge in [-0.3, -0.25) is 0 Å². The van der Waals surface area contributed by atoms with E-state index in [9.17, 15) is 0 Å². The molecule has 4 rings (SSSR count). The lowest BCUT2D eigenvalue weighted by Gasteiger charge is -2.34. The highest BCUT2D eigenvalue weighted by Gasteiger charge is 2.65. The van der Waals surface area contributed by atoms with Crippen LogP contribution in [0.4, 0.5) is 0 Å². The first-order valence-electron chi connectivity index (χ1n) is 9.76. The third-order valence-corrected chi connectivity index (χ3v) is 22.7. The van der Waals surface area contributed by atoms with E-state index in [-0.39, 0.29) is 10.8 Å². The van der Waals surface area contributed by atoms with Crippen LogP contribution in [0.5, 0.6) is 0 Å². The summed E-state index contributed by atoms with van der Waals surface area (Å²) in [6.07, 6.45) is 0. The molecule has 4 aliphatic heterocycles. The molecule has 0 aliphatic carbocycles. The molecular weight excluding hydrogens is 390 g/mol. The molecular formula is C22H32P2S2. The van der Waals surface area contributed by atoms with E-state index >= 15 is 0 Å². The summed E-state index contributed by atoms with van der Waals surface area (Å²) in [6.45, 7) is 23.8. The van der Waals surface area contributed by atoms with Crippen molar-refractivity contribution in [2.75, 3.05) is 0 Å². The van der Waals surface area contributed by atoms with Gasteiger partial charge in [-0.2, -0.15) is 0 Å². The number of hydrogen-bond donors (Lipinski definition) is 0. The van der Waals surface area contributed by atoms with Crippen molar-refractivity contribution in [1.29, 1.82) is 0 Å². The lowest BCUT2D eigenvalue weighted by atomic mass is 9.72. The minimum Gasteiger partial charge on any atom is -0.0876 e. The minimum atomic E-state index is -1.74. The molecule has 0 spiro atoms. The maximum Gasteiger partial charge on any atom is 0.0181 e. The zero-order valence-electron chi connectivity index (χ0n) is 17.9. The second-order valence-corrected chi connectivity index (χ2v) is 19.3. The second kappa shape index (κ2) is 5.05. The molecule has 0 fully saturated rings. The van der Waals surface area contributed by atoms with Crippen molar-refractivity contribution >= 4 is 35.7 Å². The van der Waals surface area contributed by atoms with Crippen molar-refractivity contribution in [3.8, 4) is 0 Å². The Hall–Kier alpha value is 0.260. The van der Waals surface area contributed by atoms with E-state index in [0.717, 1.165) is 0 Å². The molecule has 0 amide bonds. The Balaban J connectivity index is 2.09. The number of rotatable bonds is 1. The first-order valence-corrected chi connectivity index (χ1v) is 15.5. The topological polar surface area (TPSA) is 0 Å². The number of fused-ring (bicyclic) bond motifs is 4. The minimum absolute atomic E-state index is 0.149. The zero-order valence-corrected chi connectivity index (χ0v) is 21.3. The Bertz CT molecular complexity index is 937. The average molecular weight is 423 g/mol. The van der Waals surface area contributed by atoms with Gasteiger partial charge in [0.25, 0.3) is 0 Å². The van der Waals surface area contributed by atoms with Gasteiger partial charge in [0.1, 0.15) is 0 Å². The maximum absolute atomic E-state index is 6.62. The van der Waals surface area contributed by atoms with Crippen LogP contribution < -0.4 is 0 Å². The summed E-state index contributed by atoms with van der Waals surface area (Å²) in [6, 6.07) is -3.47. The molecule has 6 atom stereocenters. The molecule has 0 N–H and O–H groups in total. The van der Waals surface area contributed by atoms with E-state index in [1.165, 1.54) is 10.6 Å². The smallest absolute Gasteiger partial charge is 0.0181 e. The van der Waals surface area contributed by atoms with Crippen LogP contribution in [-0.4, -0.2) is 11.3 Å². The molecule has 4 aliphatic rings. The van der Waals surface area contributed by atoms with Crippen molar-refractivity contribution < 1.29 is 0 Å². The fourth-order valence-corrected chi connectivity index (χ4v) is 20.3. The van der Waals surface area contributed by atoms with E-state index in [2.05, 4.69) is 69.2 Å². The van der Waals surface area contributed by atoms with Crippen molar-refractivity contribution in [2.45, 2.75) is 80.6 Å². The highest BCUT2D eigenvalue weighted by atomic mass is 32.4. The normalized spacial score (nSPS) is 50.2. The molecule has 0 aromatic rings. The summed E-state index contributed by atoms with van der Waals surface area (Å²) in [4.78, 5) is 0. The van der Waals surface area contributed by atoms with Crippen molar-refractivity contribution in [2.24, 2.45) is 10.8 Å². The largest absolute Gasteiger partial charge is 0.0876 e. The fraction of sp³-hybridized carbons (Fsp3) is 0.636. The van der Waals surface area contributed by atoms with Crippen LogP contribution in [0.1, 0.15) is 69.2 Å². The quantitative estimate of drug-likeness (QED) is 0.394. The summed E-state index contributed by atoms with van der Waals surface area (Å²) < 4.78 is 0. The Morgan fingerprint density at radius 3 is 1.12 bits per heavy atom. The van der Waals surface area contributed by atoms with Crippen molar-refractivity contribution in [3.05, 3.63) is 43.5 Å². The van der Waals surface area contributed by atoms with E-state index in [0.29, 0.717) is 11.3 Å². The van der Waals surface area contributed by atoms with Gasteiger partial charge in [-0.25, -0.2) is 0 Å². The van der Waals surface area contributed by atoms with Gasteiger partial charge in [-0.05, 0) is 62.8 Å². The molecule has 0 aromatic carbocycles. The summed E-state index contributed by atoms with van der Waals surface area (Å²) >= 11 is 13.2. The molecule has 142 valence electrons. The van der Waals surface area contributed by atoms with Gasteiger partial charge in [-0.15, -0.1) is 0 Å². The molecule has 0 saturated heterocycles. The summed E-state index contributed by atoms with van der Waals surface area (Å²) in [5.74, 6) is 0. The first-order chi connectivity index (χ1) is 11.7.